The molecule has 76 valence electrons. The lowest BCUT2D eigenvalue weighted by Gasteiger charge is -2.02. The molecule has 0 aliphatic rings. The molecule has 1 aromatic rings. The average molecular weight is 217 g/mol. The van der Waals surface area contributed by atoms with E-state index in [0.717, 1.165) is 12.1 Å². The first kappa shape index (κ1) is 10.8. The standard InChI is InChI=1S/C8H8FNO3S/c1-10-8(11)6-3-2-5(14(12)13)4-7(6)9/h2-4H,1H3,(H,10,11)(H,12,13). The molecule has 0 radical (unpaired) electrons. The first-order valence-corrected chi connectivity index (χ1v) is 4.79. The van der Waals surface area contributed by atoms with E-state index in [4.69, 9.17) is 4.55 Å². The zero-order chi connectivity index (χ0) is 10.7. The van der Waals surface area contributed by atoms with Crippen molar-refractivity contribution in [3.8, 4) is 0 Å². The molecule has 1 rings (SSSR count). The smallest absolute Gasteiger partial charge is 0.253 e. The Balaban J connectivity index is 3.14. The van der Waals surface area contributed by atoms with Gasteiger partial charge in [-0.2, -0.15) is 0 Å². The number of hydrogen-bond acceptors (Lipinski definition) is 2. The van der Waals surface area contributed by atoms with Gasteiger partial charge in [0.2, 0.25) is 0 Å². The fourth-order valence-electron chi connectivity index (χ4n) is 0.923. The Bertz CT molecular complexity index is 394. The summed E-state index contributed by atoms with van der Waals surface area (Å²) in [7, 11) is 1.37. The molecule has 6 heteroatoms. The van der Waals surface area contributed by atoms with E-state index in [1.165, 1.54) is 13.1 Å². The zero-order valence-electron chi connectivity index (χ0n) is 7.28. The molecular weight excluding hydrogens is 209 g/mol. The van der Waals surface area contributed by atoms with Gasteiger partial charge in [-0.05, 0) is 18.2 Å². The van der Waals surface area contributed by atoms with Crippen molar-refractivity contribution >= 4 is 17.0 Å². The van der Waals surface area contributed by atoms with Crippen molar-refractivity contribution in [3.63, 3.8) is 0 Å². The summed E-state index contributed by atoms with van der Waals surface area (Å²) in [6, 6.07) is 3.25. The maximum absolute atomic E-state index is 13.1. The highest BCUT2D eigenvalue weighted by atomic mass is 32.2. The lowest BCUT2D eigenvalue weighted by molar-refractivity contribution is 0.0959. The number of rotatable bonds is 2. The highest BCUT2D eigenvalue weighted by Crippen LogP contribution is 2.12. The maximum atomic E-state index is 13.1. The Hall–Kier alpha value is -1.27. The molecule has 0 fully saturated rings. The summed E-state index contributed by atoms with van der Waals surface area (Å²) in [5, 5.41) is 2.25. The summed E-state index contributed by atoms with van der Waals surface area (Å²) >= 11 is -2.23. The first-order valence-electron chi connectivity index (χ1n) is 3.68. The van der Waals surface area contributed by atoms with E-state index in [1.807, 2.05) is 0 Å². The van der Waals surface area contributed by atoms with Crippen LogP contribution in [0.3, 0.4) is 0 Å². The Morgan fingerprint density at radius 1 is 1.57 bits per heavy atom. The molecule has 0 heterocycles. The predicted molar refractivity (Wildman–Crippen MR) is 48.8 cm³/mol. The molecule has 1 aromatic carbocycles. The first-order chi connectivity index (χ1) is 6.56. The van der Waals surface area contributed by atoms with Crippen molar-refractivity contribution in [3.05, 3.63) is 29.6 Å². The molecule has 0 aliphatic carbocycles. The molecule has 0 aliphatic heterocycles. The third-order valence-electron chi connectivity index (χ3n) is 1.61. The minimum atomic E-state index is -2.23. The number of halogens is 1. The van der Waals surface area contributed by atoms with Gasteiger partial charge in [0.25, 0.3) is 5.91 Å². The van der Waals surface area contributed by atoms with Crippen LogP contribution in [0.1, 0.15) is 10.4 Å². The van der Waals surface area contributed by atoms with Crippen LogP contribution in [0.4, 0.5) is 4.39 Å². The van der Waals surface area contributed by atoms with Gasteiger partial charge in [-0.3, -0.25) is 4.79 Å². The lowest BCUT2D eigenvalue weighted by atomic mass is 10.2. The van der Waals surface area contributed by atoms with Crippen molar-refractivity contribution in [2.24, 2.45) is 0 Å². The van der Waals surface area contributed by atoms with Gasteiger partial charge < -0.3 is 9.87 Å². The summed E-state index contributed by atoms with van der Waals surface area (Å²) < 4.78 is 32.3. The van der Waals surface area contributed by atoms with Crippen LogP contribution < -0.4 is 5.32 Å². The molecule has 0 saturated carbocycles. The highest BCUT2D eigenvalue weighted by Gasteiger charge is 2.11. The molecule has 2 N–H and O–H groups in total. The van der Waals surface area contributed by atoms with E-state index < -0.39 is 22.8 Å². The number of hydrogen-bond donors (Lipinski definition) is 2. The summed E-state index contributed by atoms with van der Waals surface area (Å²) in [4.78, 5) is 11.0. The van der Waals surface area contributed by atoms with Gasteiger partial charge >= 0.3 is 0 Å². The monoisotopic (exact) mass is 217 g/mol. The van der Waals surface area contributed by atoms with E-state index in [2.05, 4.69) is 5.32 Å². The molecule has 14 heavy (non-hydrogen) atoms. The van der Waals surface area contributed by atoms with E-state index in [9.17, 15) is 13.4 Å². The van der Waals surface area contributed by atoms with Crippen LogP contribution in [0.15, 0.2) is 23.1 Å². The average Bonchev–Trinajstić information content (AvgIpc) is 2.16. The van der Waals surface area contributed by atoms with Gasteiger partial charge in [0.1, 0.15) is 5.82 Å². The Labute approximate surface area is 82.4 Å². The molecule has 0 bridgehead atoms. The molecule has 1 amide bonds. The number of carbonyl (C=O) groups excluding carboxylic acids is 1. The second kappa shape index (κ2) is 4.30. The van der Waals surface area contributed by atoms with Crippen LogP contribution in [-0.4, -0.2) is 21.7 Å². The summed E-state index contributed by atoms with van der Waals surface area (Å²) in [5.74, 6) is -1.39. The number of amides is 1. The van der Waals surface area contributed by atoms with E-state index in [0.29, 0.717) is 0 Å². The molecule has 1 atom stereocenters. The second-order valence-corrected chi connectivity index (χ2v) is 3.44. The second-order valence-electron chi connectivity index (χ2n) is 2.47. The highest BCUT2D eigenvalue weighted by molar-refractivity contribution is 7.79. The molecule has 4 nitrogen and oxygen atoms in total. The van der Waals surface area contributed by atoms with Gasteiger partial charge in [-0.25, -0.2) is 8.60 Å². The quantitative estimate of drug-likeness (QED) is 0.719. The van der Waals surface area contributed by atoms with Crippen LogP contribution in [0.5, 0.6) is 0 Å². The van der Waals surface area contributed by atoms with Crippen molar-refractivity contribution < 1.29 is 17.9 Å². The van der Waals surface area contributed by atoms with Crippen molar-refractivity contribution in [1.82, 2.24) is 5.32 Å². The SMILES string of the molecule is CNC(=O)c1ccc(S(=O)O)cc1F. The van der Waals surface area contributed by atoms with E-state index >= 15 is 0 Å². The predicted octanol–water partition coefficient (Wildman–Crippen LogP) is 0.766. The third kappa shape index (κ3) is 2.15. The largest absolute Gasteiger partial charge is 0.355 e. The third-order valence-corrected chi connectivity index (χ3v) is 2.27. The fourth-order valence-corrected chi connectivity index (χ4v) is 1.31. The number of nitrogens with one attached hydrogen (secondary N) is 1. The van der Waals surface area contributed by atoms with Gasteiger partial charge in [0.05, 0.1) is 10.5 Å². The minimum absolute atomic E-state index is 0.0739. The van der Waals surface area contributed by atoms with Crippen molar-refractivity contribution in [1.29, 1.82) is 0 Å². The van der Waals surface area contributed by atoms with Crippen LogP contribution in [0.2, 0.25) is 0 Å². The van der Waals surface area contributed by atoms with Crippen LogP contribution in [0.25, 0.3) is 0 Å². The number of carbonyl (C=O) groups is 1. The number of benzene rings is 1. The van der Waals surface area contributed by atoms with E-state index in [-0.39, 0.29) is 10.5 Å². The molecule has 1 unspecified atom stereocenters. The Morgan fingerprint density at radius 3 is 2.64 bits per heavy atom. The zero-order valence-corrected chi connectivity index (χ0v) is 8.10. The van der Waals surface area contributed by atoms with Crippen LogP contribution in [0, 0.1) is 5.82 Å². The Morgan fingerprint density at radius 2 is 2.21 bits per heavy atom. The van der Waals surface area contributed by atoms with Gasteiger partial charge in [0.15, 0.2) is 11.1 Å². The summed E-state index contributed by atoms with van der Waals surface area (Å²) in [5.41, 5.74) is -0.151. The van der Waals surface area contributed by atoms with Gasteiger partial charge in [-0.15, -0.1) is 0 Å². The normalized spacial score (nSPS) is 12.2. The molecular formula is C8H8FNO3S. The van der Waals surface area contributed by atoms with Gasteiger partial charge in [-0.1, -0.05) is 0 Å². The minimum Gasteiger partial charge on any atom is -0.355 e. The maximum Gasteiger partial charge on any atom is 0.253 e. The lowest BCUT2D eigenvalue weighted by Crippen LogP contribution is -2.19. The fraction of sp³-hybridized carbons (Fsp3) is 0.125. The molecule has 0 aromatic heterocycles. The van der Waals surface area contributed by atoms with Crippen molar-refractivity contribution in [2.45, 2.75) is 4.90 Å². The van der Waals surface area contributed by atoms with Crippen LogP contribution in [-0.2, 0) is 11.1 Å². The molecule has 0 spiro atoms. The topological polar surface area (TPSA) is 66.4 Å². The van der Waals surface area contributed by atoms with E-state index in [1.54, 1.807) is 0 Å². The van der Waals surface area contributed by atoms with Crippen molar-refractivity contribution in [2.75, 3.05) is 7.05 Å². The summed E-state index contributed by atoms with van der Waals surface area (Å²) in [6.07, 6.45) is 0. The van der Waals surface area contributed by atoms with Crippen LogP contribution >= 0.6 is 0 Å². The molecule has 0 saturated heterocycles. The summed E-state index contributed by atoms with van der Waals surface area (Å²) in [6.45, 7) is 0. The van der Waals surface area contributed by atoms with Gasteiger partial charge in [0, 0.05) is 7.05 Å². The Kier molecular flexibility index (Phi) is 3.32.